The molecule has 2 heterocycles. The fourth-order valence-corrected chi connectivity index (χ4v) is 1.89. The van der Waals surface area contributed by atoms with E-state index in [1.54, 1.807) is 10.9 Å². The van der Waals surface area contributed by atoms with Crippen LogP contribution in [0.4, 0.5) is 0 Å². The lowest BCUT2D eigenvalue weighted by molar-refractivity contribution is 0.202. The number of aryl methyl sites for hydroxylation is 1. The summed E-state index contributed by atoms with van der Waals surface area (Å²) in [5, 5.41) is 24.1. The molecule has 80 valence electrons. The third-order valence-corrected chi connectivity index (χ3v) is 2.72. The minimum Gasteiger partial charge on any atom is -0.380 e. The number of nitrogens with zero attached hydrogens (tertiary/aromatic N) is 4. The van der Waals surface area contributed by atoms with Crippen molar-refractivity contribution >= 4 is 15.9 Å². The molecule has 7 heteroatoms. The Bertz CT molecular complexity index is 438. The van der Waals surface area contributed by atoms with Crippen LogP contribution in [0.1, 0.15) is 24.4 Å². The molecule has 0 spiro atoms. The fraction of sp³-hybridized carbons (Fsp3) is 0.375. The Hall–Kier alpha value is -1.21. The molecule has 0 aromatic carbocycles. The number of aliphatic hydroxyl groups is 1. The van der Waals surface area contributed by atoms with Crippen LogP contribution in [0.25, 0.3) is 0 Å². The number of rotatable bonds is 3. The largest absolute Gasteiger partial charge is 0.380 e. The standard InChI is InChI=1S/C8H10BrN5O/c1-2-14-7(5(9)3-11-14)8(15)6-4-10-13-12-6/h3-4,8,15H,2H2,1H3,(H,10,12,13). The van der Waals surface area contributed by atoms with Gasteiger partial charge in [0, 0.05) is 6.54 Å². The molecule has 0 fully saturated rings. The van der Waals surface area contributed by atoms with Crippen molar-refractivity contribution in [3.63, 3.8) is 0 Å². The zero-order valence-corrected chi connectivity index (χ0v) is 9.64. The molecule has 0 saturated heterocycles. The molecule has 15 heavy (non-hydrogen) atoms. The quantitative estimate of drug-likeness (QED) is 0.868. The molecule has 1 atom stereocenters. The van der Waals surface area contributed by atoms with E-state index in [0.29, 0.717) is 17.9 Å². The summed E-state index contributed by atoms with van der Waals surface area (Å²) < 4.78 is 2.48. The molecule has 0 radical (unpaired) electrons. The predicted octanol–water partition coefficient (Wildman–Crippen LogP) is 0.865. The van der Waals surface area contributed by atoms with Crippen molar-refractivity contribution in [3.8, 4) is 0 Å². The van der Waals surface area contributed by atoms with E-state index in [4.69, 9.17) is 0 Å². The number of halogens is 1. The average molecular weight is 272 g/mol. The van der Waals surface area contributed by atoms with Crippen molar-refractivity contribution in [1.29, 1.82) is 0 Å². The van der Waals surface area contributed by atoms with Gasteiger partial charge in [-0.05, 0) is 22.9 Å². The maximum absolute atomic E-state index is 10.0. The maximum atomic E-state index is 10.0. The Balaban J connectivity index is 2.40. The molecule has 0 bridgehead atoms. The van der Waals surface area contributed by atoms with Gasteiger partial charge in [0.15, 0.2) is 0 Å². The van der Waals surface area contributed by atoms with E-state index in [2.05, 4.69) is 36.4 Å². The van der Waals surface area contributed by atoms with Crippen LogP contribution < -0.4 is 0 Å². The van der Waals surface area contributed by atoms with Gasteiger partial charge in [-0.25, -0.2) is 0 Å². The van der Waals surface area contributed by atoms with E-state index in [1.165, 1.54) is 6.20 Å². The topological polar surface area (TPSA) is 79.6 Å². The minimum atomic E-state index is -0.819. The van der Waals surface area contributed by atoms with Crippen LogP contribution in [-0.2, 0) is 6.54 Å². The average Bonchev–Trinajstić information content (AvgIpc) is 2.85. The molecule has 2 aromatic rings. The Morgan fingerprint density at radius 1 is 1.60 bits per heavy atom. The van der Waals surface area contributed by atoms with E-state index < -0.39 is 6.10 Å². The molecule has 2 aromatic heterocycles. The molecule has 1 unspecified atom stereocenters. The molecule has 6 nitrogen and oxygen atoms in total. The third kappa shape index (κ3) is 1.80. The highest BCUT2D eigenvalue weighted by Gasteiger charge is 2.20. The summed E-state index contributed by atoms with van der Waals surface area (Å²) >= 11 is 3.34. The van der Waals surface area contributed by atoms with Crippen molar-refractivity contribution in [1.82, 2.24) is 25.2 Å². The van der Waals surface area contributed by atoms with Crippen LogP contribution in [0.2, 0.25) is 0 Å². The minimum absolute atomic E-state index is 0.478. The second kappa shape index (κ2) is 4.11. The summed E-state index contributed by atoms with van der Waals surface area (Å²) in [7, 11) is 0. The Kier molecular flexibility index (Phi) is 2.83. The smallest absolute Gasteiger partial charge is 0.142 e. The molecule has 0 aliphatic heterocycles. The van der Waals surface area contributed by atoms with Gasteiger partial charge in [0.2, 0.25) is 0 Å². The Morgan fingerprint density at radius 3 is 3.00 bits per heavy atom. The van der Waals surface area contributed by atoms with Gasteiger partial charge in [0.05, 0.1) is 22.6 Å². The zero-order chi connectivity index (χ0) is 10.8. The van der Waals surface area contributed by atoms with Gasteiger partial charge in [-0.3, -0.25) is 4.68 Å². The number of aromatic amines is 1. The second-order valence-corrected chi connectivity index (χ2v) is 3.85. The van der Waals surface area contributed by atoms with Crippen molar-refractivity contribution in [2.45, 2.75) is 19.6 Å². The van der Waals surface area contributed by atoms with E-state index >= 15 is 0 Å². The van der Waals surface area contributed by atoms with Gasteiger partial charge in [0.1, 0.15) is 11.8 Å². The van der Waals surface area contributed by atoms with Crippen LogP contribution in [-0.4, -0.2) is 30.3 Å². The van der Waals surface area contributed by atoms with Crippen molar-refractivity contribution in [2.24, 2.45) is 0 Å². The lowest BCUT2D eigenvalue weighted by atomic mass is 10.2. The number of H-pyrrole nitrogens is 1. The zero-order valence-electron chi connectivity index (χ0n) is 8.05. The number of aliphatic hydroxyl groups excluding tert-OH is 1. The number of hydrogen-bond acceptors (Lipinski definition) is 4. The van der Waals surface area contributed by atoms with E-state index in [9.17, 15) is 5.11 Å². The molecule has 2 N–H and O–H groups in total. The first-order valence-electron chi connectivity index (χ1n) is 4.49. The molecular formula is C8H10BrN5O. The van der Waals surface area contributed by atoms with E-state index in [1.807, 2.05) is 6.92 Å². The Morgan fingerprint density at radius 2 is 2.40 bits per heavy atom. The van der Waals surface area contributed by atoms with Gasteiger partial charge in [-0.15, -0.1) is 0 Å². The highest BCUT2D eigenvalue weighted by Crippen LogP contribution is 2.26. The van der Waals surface area contributed by atoms with Gasteiger partial charge >= 0.3 is 0 Å². The third-order valence-electron chi connectivity index (χ3n) is 2.11. The van der Waals surface area contributed by atoms with Gasteiger partial charge in [0.25, 0.3) is 0 Å². The summed E-state index contributed by atoms with van der Waals surface area (Å²) in [4.78, 5) is 0. The number of hydrogen-bond donors (Lipinski definition) is 2. The van der Waals surface area contributed by atoms with Crippen molar-refractivity contribution < 1.29 is 5.11 Å². The summed E-state index contributed by atoms with van der Waals surface area (Å²) in [6.07, 6.45) is 2.33. The van der Waals surface area contributed by atoms with Crippen molar-refractivity contribution in [2.75, 3.05) is 0 Å². The first-order valence-corrected chi connectivity index (χ1v) is 5.28. The van der Waals surface area contributed by atoms with Crippen LogP contribution in [0.15, 0.2) is 16.9 Å². The van der Waals surface area contributed by atoms with Crippen LogP contribution >= 0.6 is 15.9 Å². The highest BCUT2D eigenvalue weighted by atomic mass is 79.9. The Labute approximate surface area is 94.4 Å². The number of nitrogens with one attached hydrogen (secondary N) is 1. The van der Waals surface area contributed by atoms with Crippen molar-refractivity contribution in [3.05, 3.63) is 28.3 Å². The van der Waals surface area contributed by atoms with Crippen LogP contribution in [0.5, 0.6) is 0 Å². The summed E-state index contributed by atoms with van der Waals surface area (Å²) in [6.45, 7) is 2.65. The molecular weight excluding hydrogens is 262 g/mol. The maximum Gasteiger partial charge on any atom is 0.142 e. The fourth-order valence-electron chi connectivity index (χ4n) is 1.38. The van der Waals surface area contributed by atoms with E-state index in [-0.39, 0.29) is 0 Å². The first kappa shape index (κ1) is 10.3. The molecule has 2 rings (SSSR count). The second-order valence-electron chi connectivity index (χ2n) is 2.99. The normalized spacial score (nSPS) is 13.0. The van der Waals surface area contributed by atoms with Crippen LogP contribution in [0.3, 0.4) is 0 Å². The van der Waals surface area contributed by atoms with Gasteiger partial charge in [-0.1, -0.05) is 0 Å². The predicted molar refractivity (Wildman–Crippen MR) is 56.0 cm³/mol. The lowest BCUT2D eigenvalue weighted by Gasteiger charge is -2.10. The molecule has 0 saturated carbocycles. The number of aromatic nitrogens is 5. The SMILES string of the molecule is CCn1ncc(Br)c1C(O)c1cn[nH]n1. The highest BCUT2D eigenvalue weighted by molar-refractivity contribution is 9.10. The van der Waals surface area contributed by atoms with Crippen LogP contribution in [0, 0.1) is 0 Å². The summed E-state index contributed by atoms with van der Waals surface area (Å²) in [6, 6.07) is 0. The summed E-state index contributed by atoms with van der Waals surface area (Å²) in [5.41, 5.74) is 1.16. The summed E-state index contributed by atoms with van der Waals surface area (Å²) in [5.74, 6) is 0. The molecule has 0 aliphatic carbocycles. The van der Waals surface area contributed by atoms with E-state index in [0.717, 1.165) is 4.47 Å². The molecule has 0 aliphatic rings. The van der Waals surface area contributed by atoms with Gasteiger partial charge < -0.3 is 5.11 Å². The lowest BCUT2D eigenvalue weighted by Crippen LogP contribution is -2.10. The molecule has 0 amide bonds. The van der Waals surface area contributed by atoms with Gasteiger partial charge in [-0.2, -0.15) is 20.5 Å². The monoisotopic (exact) mass is 271 g/mol. The first-order chi connectivity index (χ1) is 7.24.